The van der Waals surface area contributed by atoms with E-state index in [0.717, 1.165) is 38.5 Å². The quantitative estimate of drug-likeness (QED) is 0.0303. The van der Waals surface area contributed by atoms with E-state index >= 15 is 0 Å². The summed E-state index contributed by atoms with van der Waals surface area (Å²) in [5, 5.41) is 0. The molecule has 0 aliphatic rings. The van der Waals surface area contributed by atoms with Gasteiger partial charge in [0.05, 0.1) is 6.61 Å². The summed E-state index contributed by atoms with van der Waals surface area (Å²) >= 11 is 0. The van der Waals surface area contributed by atoms with Crippen molar-refractivity contribution in [2.45, 2.75) is 193 Å². The van der Waals surface area contributed by atoms with Crippen LogP contribution in [0.25, 0.3) is 0 Å². The second-order valence-corrected chi connectivity index (χ2v) is 13.8. The van der Waals surface area contributed by atoms with E-state index in [4.69, 9.17) is 19.3 Å². The first-order valence-corrected chi connectivity index (χ1v) is 20.0. The van der Waals surface area contributed by atoms with Crippen molar-refractivity contribution in [3.63, 3.8) is 0 Å². The van der Waals surface area contributed by atoms with Gasteiger partial charge in [0, 0.05) is 12.8 Å². The number of hydrogen-bond acceptors (Lipinski definition) is 6. The van der Waals surface area contributed by atoms with Crippen molar-refractivity contribution in [3.05, 3.63) is 12.2 Å². The fourth-order valence-corrected chi connectivity index (χ4v) is 5.61. The van der Waals surface area contributed by atoms with Crippen molar-refractivity contribution in [1.29, 1.82) is 0 Å². The molecular weight excluding hydrogens is 591 g/mol. The van der Waals surface area contributed by atoms with E-state index in [0.29, 0.717) is 6.42 Å². The van der Waals surface area contributed by atoms with E-state index in [9.17, 15) is 14.2 Å². The fraction of sp³-hybridized carbons (Fsp3) is 0.889. The smallest absolute Gasteiger partial charge is 0.462 e. The molecule has 0 saturated carbocycles. The van der Waals surface area contributed by atoms with Crippen molar-refractivity contribution in [1.82, 2.24) is 0 Å². The molecule has 9 heteroatoms. The SMILES string of the molecule is CCCCCC/C=C/CCCCCCCCCCCC(=O)O[C@H](COC(=O)CCCCCCCCCCCC)COP(=O)(O)O. The maximum absolute atomic E-state index is 12.3. The van der Waals surface area contributed by atoms with Crippen LogP contribution in [0.15, 0.2) is 12.2 Å². The van der Waals surface area contributed by atoms with Crippen LogP contribution < -0.4 is 0 Å². The summed E-state index contributed by atoms with van der Waals surface area (Å²) < 4.78 is 26.2. The molecule has 45 heavy (non-hydrogen) atoms. The maximum Gasteiger partial charge on any atom is 0.469 e. The lowest BCUT2D eigenvalue weighted by molar-refractivity contribution is -0.161. The Morgan fingerprint density at radius 1 is 0.556 bits per heavy atom. The summed E-state index contributed by atoms with van der Waals surface area (Å²) in [5.74, 6) is -0.883. The van der Waals surface area contributed by atoms with Gasteiger partial charge in [0.1, 0.15) is 6.61 Å². The van der Waals surface area contributed by atoms with Crippen LogP contribution in [0.5, 0.6) is 0 Å². The topological polar surface area (TPSA) is 119 Å². The molecule has 0 saturated heterocycles. The number of ether oxygens (including phenoxy) is 2. The molecule has 8 nitrogen and oxygen atoms in total. The van der Waals surface area contributed by atoms with E-state index in [1.165, 1.54) is 116 Å². The molecule has 0 bridgehead atoms. The Morgan fingerprint density at radius 2 is 0.933 bits per heavy atom. The number of phosphoric acid groups is 1. The summed E-state index contributed by atoms with van der Waals surface area (Å²) in [5.41, 5.74) is 0. The van der Waals surface area contributed by atoms with Gasteiger partial charge in [-0.15, -0.1) is 0 Å². The molecule has 1 atom stereocenters. The zero-order chi connectivity index (χ0) is 33.3. The zero-order valence-electron chi connectivity index (χ0n) is 29.0. The number of carbonyl (C=O) groups excluding carboxylic acids is 2. The molecule has 0 amide bonds. The van der Waals surface area contributed by atoms with Crippen LogP contribution in [-0.4, -0.2) is 41.0 Å². The summed E-state index contributed by atoms with van der Waals surface area (Å²) in [4.78, 5) is 42.6. The number of unbranched alkanes of at least 4 members (excludes halogenated alkanes) is 22. The molecule has 266 valence electrons. The molecule has 0 fully saturated rings. The number of carbonyl (C=O) groups is 2. The highest BCUT2D eigenvalue weighted by atomic mass is 31.2. The minimum absolute atomic E-state index is 0.213. The van der Waals surface area contributed by atoms with Crippen LogP contribution in [0.3, 0.4) is 0 Å². The van der Waals surface area contributed by atoms with Crippen LogP contribution in [0, 0.1) is 0 Å². The number of esters is 2. The summed E-state index contributed by atoms with van der Waals surface area (Å²) in [6, 6.07) is 0. The molecule has 0 aliphatic carbocycles. The second kappa shape index (κ2) is 32.7. The third-order valence-electron chi connectivity index (χ3n) is 8.03. The first-order chi connectivity index (χ1) is 21.8. The van der Waals surface area contributed by atoms with Gasteiger partial charge in [-0.05, 0) is 38.5 Å². The minimum Gasteiger partial charge on any atom is -0.462 e. The Bertz CT molecular complexity index is 751. The summed E-state index contributed by atoms with van der Waals surface area (Å²) in [7, 11) is -4.74. The summed E-state index contributed by atoms with van der Waals surface area (Å²) in [6.07, 6.45) is 33.6. The van der Waals surface area contributed by atoms with Crippen LogP contribution in [0.4, 0.5) is 0 Å². The van der Waals surface area contributed by atoms with Gasteiger partial charge in [-0.25, -0.2) is 4.57 Å². The predicted molar refractivity (Wildman–Crippen MR) is 184 cm³/mol. The predicted octanol–water partition coefficient (Wildman–Crippen LogP) is 10.7. The molecule has 0 spiro atoms. The number of allylic oxidation sites excluding steroid dienone is 2. The minimum atomic E-state index is -4.74. The highest BCUT2D eigenvalue weighted by molar-refractivity contribution is 7.46. The molecule has 0 aromatic heterocycles. The Morgan fingerprint density at radius 3 is 1.38 bits per heavy atom. The van der Waals surface area contributed by atoms with Gasteiger partial charge in [0.25, 0.3) is 0 Å². The van der Waals surface area contributed by atoms with E-state index in [1.54, 1.807) is 0 Å². The lowest BCUT2D eigenvalue weighted by atomic mass is 10.1. The number of hydrogen-bond donors (Lipinski definition) is 2. The first kappa shape index (κ1) is 43.8. The van der Waals surface area contributed by atoms with Crippen molar-refractivity contribution in [2.75, 3.05) is 13.2 Å². The maximum atomic E-state index is 12.3. The molecule has 0 rings (SSSR count). The van der Waals surface area contributed by atoms with Crippen molar-refractivity contribution >= 4 is 19.8 Å². The average molecular weight is 661 g/mol. The molecule has 0 aliphatic heterocycles. The monoisotopic (exact) mass is 660 g/mol. The Labute approximate surface area is 276 Å². The third kappa shape index (κ3) is 35.5. The van der Waals surface area contributed by atoms with Gasteiger partial charge in [-0.1, -0.05) is 148 Å². The van der Waals surface area contributed by atoms with Crippen LogP contribution in [-0.2, 0) is 28.2 Å². The third-order valence-corrected chi connectivity index (χ3v) is 8.52. The fourth-order valence-electron chi connectivity index (χ4n) is 5.25. The average Bonchev–Trinajstić information content (AvgIpc) is 3.00. The number of phosphoric ester groups is 1. The van der Waals surface area contributed by atoms with E-state index < -0.39 is 32.5 Å². The molecule has 0 radical (unpaired) electrons. The van der Waals surface area contributed by atoms with Crippen LogP contribution in [0.1, 0.15) is 187 Å². The molecule has 0 unspecified atom stereocenters. The van der Waals surface area contributed by atoms with Gasteiger partial charge >= 0.3 is 19.8 Å². The standard InChI is InChI=1S/C36H69O8P/c1-3-5-7-9-11-13-15-16-17-18-19-20-21-23-25-27-29-31-36(38)44-34(33-43-45(39,40)41)32-42-35(37)30-28-26-24-22-14-12-10-8-6-4-2/h13,15,34H,3-12,14,16-33H2,1-2H3,(H2,39,40,41)/b15-13+/t34-/m1/s1. The zero-order valence-corrected chi connectivity index (χ0v) is 29.9. The van der Waals surface area contributed by atoms with Gasteiger partial charge in [-0.2, -0.15) is 0 Å². The lowest BCUT2D eigenvalue weighted by Crippen LogP contribution is -2.29. The highest BCUT2D eigenvalue weighted by Crippen LogP contribution is 2.36. The van der Waals surface area contributed by atoms with Crippen molar-refractivity contribution in [3.8, 4) is 0 Å². The second-order valence-electron chi connectivity index (χ2n) is 12.6. The van der Waals surface area contributed by atoms with Crippen LogP contribution in [0.2, 0.25) is 0 Å². The van der Waals surface area contributed by atoms with Gasteiger partial charge in [0.15, 0.2) is 6.10 Å². The van der Waals surface area contributed by atoms with Crippen LogP contribution >= 0.6 is 7.82 Å². The lowest BCUT2D eigenvalue weighted by Gasteiger charge is -2.18. The van der Waals surface area contributed by atoms with Gasteiger partial charge in [-0.3, -0.25) is 14.1 Å². The first-order valence-electron chi connectivity index (χ1n) is 18.5. The van der Waals surface area contributed by atoms with Crippen molar-refractivity contribution < 1.29 is 37.9 Å². The number of rotatable bonds is 34. The Balaban J connectivity index is 3.93. The Hall–Kier alpha value is -1.21. The van der Waals surface area contributed by atoms with Gasteiger partial charge in [0.2, 0.25) is 0 Å². The molecule has 0 aromatic rings. The summed E-state index contributed by atoms with van der Waals surface area (Å²) in [6.45, 7) is 3.65. The van der Waals surface area contributed by atoms with E-state index in [1.807, 2.05) is 0 Å². The highest BCUT2D eigenvalue weighted by Gasteiger charge is 2.22. The van der Waals surface area contributed by atoms with Crippen molar-refractivity contribution in [2.24, 2.45) is 0 Å². The normalized spacial score (nSPS) is 12.5. The molecule has 0 heterocycles. The van der Waals surface area contributed by atoms with E-state index in [-0.39, 0.29) is 19.4 Å². The van der Waals surface area contributed by atoms with Gasteiger partial charge < -0.3 is 19.3 Å². The largest absolute Gasteiger partial charge is 0.469 e. The molecule has 2 N–H and O–H groups in total. The van der Waals surface area contributed by atoms with E-state index in [2.05, 4.69) is 30.5 Å². The molecular formula is C36H69O8P. The molecule has 0 aromatic carbocycles. The Kier molecular flexibility index (Phi) is 31.8.